The Balaban J connectivity index is 2.11. The molecule has 92 valence electrons. The van der Waals surface area contributed by atoms with Crippen LogP contribution in [0.1, 0.15) is 17.2 Å². The molecule has 0 spiro atoms. The molecule has 0 saturated carbocycles. The Labute approximate surface area is 107 Å². The highest BCUT2D eigenvalue weighted by molar-refractivity contribution is 5.55. The minimum absolute atomic E-state index is 0.0996. The van der Waals surface area contributed by atoms with E-state index in [0.29, 0.717) is 6.54 Å². The number of nitrogens with zero attached hydrogens (tertiary/aromatic N) is 1. The first-order valence-electron chi connectivity index (χ1n) is 6.19. The van der Waals surface area contributed by atoms with Crippen LogP contribution in [0.2, 0.25) is 0 Å². The van der Waals surface area contributed by atoms with E-state index < -0.39 is 0 Å². The van der Waals surface area contributed by atoms with Crippen molar-refractivity contribution in [2.45, 2.75) is 6.04 Å². The molecule has 3 heteroatoms. The first-order chi connectivity index (χ1) is 8.86. The second kappa shape index (κ2) is 4.80. The lowest BCUT2D eigenvalue weighted by Crippen LogP contribution is -2.27. The SMILES string of the molecule is ON1CCNc2ccccc2C1c1ccccc1. The number of anilines is 1. The third kappa shape index (κ3) is 1.98. The highest BCUT2D eigenvalue weighted by Gasteiger charge is 2.25. The number of nitrogens with one attached hydrogen (secondary N) is 1. The number of benzene rings is 2. The standard InChI is InChI=1S/C15H16N2O/c18-17-11-10-16-14-9-5-4-8-13(14)15(17)12-6-2-1-3-7-12/h1-9,15-16,18H,10-11H2. The summed E-state index contributed by atoms with van der Waals surface area (Å²) in [6, 6.07) is 18.2. The number of para-hydroxylation sites is 1. The fourth-order valence-corrected chi connectivity index (χ4v) is 2.48. The molecule has 3 rings (SSSR count). The van der Waals surface area contributed by atoms with Crippen LogP contribution in [-0.2, 0) is 0 Å². The Kier molecular flexibility index (Phi) is 3.00. The molecule has 0 fully saturated rings. The fourth-order valence-electron chi connectivity index (χ4n) is 2.48. The van der Waals surface area contributed by atoms with Crippen LogP contribution in [0.3, 0.4) is 0 Å². The van der Waals surface area contributed by atoms with E-state index in [2.05, 4.69) is 29.6 Å². The maximum atomic E-state index is 10.2. The lowest BCUT2D eigenvalue weighted by Gasteiger charge is -2.25. The fraction of sp³-hybridized carbons (Fsp3) is 0.200. The van der Waals surface area contributed by atoms with Crippen LogP contribution in [0.25, 0.3) is 0 Å². The molecule has 0 aliphatic carbocycles. The Morgan fingerprint density at radius 3 is 2.56 bits per heavy atom. The quantitative estimate of drug-likeness (QED) is 0.804. The predicted molar refractivity (Wildman–Crippen MR) is 71.7 cm³/mol. The van der Waals surface area contributed by atoms with Crippen LogP contribution in [0, 0.1) is 0 Å². The molecule has 0 radical (unpaired) electrons. The van der Waals surface area contributed by atoms with Crippen molar-refractivity contribution in [2.24, 2.45) is 0 Å². The van der Waals surface area contributed by atoms with Crippen molar-refractivity contribution in [3.8, 4) is 0 Å². The van der Waals surface area contributed by atoms with Gasteiger partial charge in [0.1, 0.15) is 0 Å². The van der Waals surface area contributed by atoms with Crippen LogP contribution in [-0.4, -0.2) is 23.4 Å². The van der Waals surface area contributed by atoms with E-state index in [1.807, 2.05) is 30.3 Å². The number of fused-ring (bicyclic) bond motifs is 1. The molecular formula is C15H16N2O. The lowest BCUT2D eigenvalue weighted by atomic mass is 9.97. The van der Waals surface area contributed by atoms with Gasteiger partial charge in [-0.2, -0.15) is 5.06 Å². The molecule has 0 aromatic heterocycles. The highest BCUT2D eigenvalue weighted by atomic mass is 16.5. The molecule has 2 aromatic rings. The van der Waals surface area contributed by atoms with Gasteiger partial charge >= 0.3 is 0 Å². The van der Waals surface area contributed by atoms with Gasteiger partial charge in [0, 0.05) is 18.8 Å². The van der Waals surface area contributed by atoms with E-state index in [0.717, 1.165) is 23.4 Å². The largest absolute Gasteiger partial charge is 0.383 e. The van der Waals surface area contributed by atoms with E-state index in [1.165, 1.54) is 5.06 Å². The van der Waals surface area contributed by atoms with E-state index >= 15 is 0 Å². The van der Waals surface area contributed by atoms with Gasteiger partial charge in [-0.25, -0.2) is 0 Å². The molecule has 1 atom stereocenters. The molecule has 1 aliphatic heterocycles. The summed E-state index contributed by atoms with van der Waals surface area (Å²) in [5, 5.41) is 15.0. The van der Waals surface area contributed by atoms with Crippen LogP contribution >= 0.6 is 0 Å². The van der Waals surface area contributed by atoms with E-state index in [4.69, 9.17) is 0 Å². The van der Waals surface area contributed by atoms with Crippen molar-refractivity contribution in [1.29, 1.82) is 0 Å². The third-order valence-corrected chi connectivity index (χ3v) is 3.33. The summed E-state index contributed by atoms with van der Waals surface area (Å²) in [5.41, 5.74) is 3.32. The minimum atomic E-state index is -0.0996. The monoisotopic (exact) mass is 240 g/mol. The van der Waals surface area contributed by atoms with Crippen LogP contribution in [0.15, 0.2) is 54.6 Å². The van der Waals surface area contributed by atoms with Gasteiger partial charge in [0.05, 0.1) is 6.04 Å². The second-order valence-corrected chi connectivity index (χ2v) is 4.49. The zero-order chi connectivity index (χ0) is 12.4. The van der Waals surface area contributed by atoms with Crippen molar-refractivity contribution in [3.63, 3.8) is 0 Å². The summed E-state index contributed by atoms with van der Waals surface area (Å²) in [6.45, 7) is 1.35. The van der Waals surface area contributed by atoms with Crippen LogP contribution < -0.4 is 5.32 Å². The molecule has 0 saturated heterocycles. The maximum absolute atomic E-state index is 10.2. The summed E-state index contributed by atoms with van der Waals surface area (Å²) in [7, 11) is 0. The summed E-state index contributed by atoms with van der Waals surface area (Å²) in [4.78, 5) is 0. The Bertz CT molecular complexity index is 527. The first kappa shape index (κ1) is 11.3. The molecule has 0 amide bonds. The maximum Gasteiger partial charge on any atom is 0.0870 e. The zero-order valence-electron chi connectivity index (χ0n) is 10.1. The Morgan fingerprint density at radius 2 is 1.72 bits per heavy atom. The summed E-state index contributed by atoms with van der Waals surface area (Å²) in [5.74, 6) is 0. The van der Waals surface area contributed by atoms with E-state index in [-0.39, 0.29) is 6.04 Å². The molecule has 2 N–H and O–H groups in total. The smallest absolute Gasteiger partial charge is 0.0870 e. The molecule has 0 bridgehead atoms. The highest BCUT2D eigenvalue weighted by Crippen LogP contribution is 2.33. The average molecular weight is 240 g/mol. The first-order valence-corrected chi connectivity index (χ1v) is 6.19. The van der Waals surface area contributed by atoms with Crippen LogP contribution in [0.5, 0.6) is 0 Å². The summed E-state index contributed by atoms with van der Waals surface area (Å²) in [6.07, 6.45) is 0. The molecule has 1 unspecified atom stereocenters. The molecule has 2 aromatic carbocycles. The number of hydrogen-bond donors (Lipinski definition) is 2. The van der Waals surface area contributed by atoms with Gasteiger partial charge in [-0.3, -0.25) is 0 Å². The predicted octanol–water partition coefficient (Wildman–Crippen LogP) is 2.89. The van der Waals surface area contributed by atoms with E-state index in [9.17, 15) is 5.21 Å². The average Bonchev–Trinajstić information content (AvgIpc) is 2.58. The van der Waals surface area contributed by atoms with Crippen LogP contribution in [0.4, 0.5) is 5.69 Å². The Hall–Kier alpha value is -1.84. The van der Waals surface area contributed by atoms with Gasteiger partial charge in [0.15, 0.2) is 0 Å². The van der Waals surface area contributed by atoms with Crippen molar-refractivity contribution in [1.82, 2.24) is 5.06 Å². The Morgan fingerprint density at radius 1 is 1.00 bits per heavy atom. The van der Waals surface area contributed by atoms with Gasteiger partial charge in [-0.05, 0) is 17.2 Å². The second-order valence-electron chi connectivity index (χ2n) is 4.49. The van der Waals surface area contributed by atoms with Crippen molar-refractivity contribution < 1.29 is 5.21 Å². The molecule has 1 aliphatic rings. The van der Waals surface area contributed by atoms with Crippen molar-refractivity contribution in [2.75, 3.05) is 18.4 Å². The summed E-state index contributed by atoms with van der Waals surface area (Å²) >= 11 is 0. The molecule has 3 nitrogen and oxygen atoms in total. The molecule has 1 heterocycles. The number of rotatable bonds is 1. The topological polar surface area (TPSA) is 35.5 Å². The van der Waals surface area contributed by atoms with Gasteiger partial charge in [-0.15, -0.1) is 0 Å². The van der Waals surface area contributed by atoms with Gasteiger partial charge in [0.2, 0.25) is 0 Å². The molecular weight excluding hydrogens is 224 g/mol. The molecule has 18 heavy (non-hydrogen) atoms. The normalized spacial score (nSPS) is 19.7. The lowest BCUT2D eigenvalue weighted by molar-refractivity contribution is -0.112. The van der Waals surface area contributed by atoms with Gasteiger partial charge in [-0.1, -0.05) is 48.5 Å². The van der Waals surface area contributed by atoms with Gasteiger partial charge < -0.3 is 10.5 Å². The van der Waals surface area contributed by atoms with E-state index in [1.54, 1.807) is 0 Å². The zero-order valence-corrected chi connectivity index (χ0v) is 10.1. The number of hydrogen-bond acceptors (Lipinski definition) is 3. The van der Waals surface area contributed by atoms with Crippen molar-refractivity contribution in [3.05, 3.63) is 65.7 Å². The van der Waals surface area contributed by atoms with Gasteiger partial charge in [0.25, 0.3) is 0 Å². The summed E-state index contributed by atoms with van der Waals surface area (Å²) < 4.78 is 0. The third-order valence-electron chi connectivity index (χ3n) is 3.33. The minimum Gasteiger partial charge on any atom is -0.383 e. The van der Waals surface area contributed by atoms with Crippen molar-refractivity contribution >= 4 is 5.69 Å². The number of hydroxylamine groups is 2.